The van der Waals surface area contributed by atoms with E-state index in [1.165, 1.54) is 0 Å². The first kappa shape index (κ1) is 12.8. The van der Waals surface area contributed by atoms with Crippen molar-refractivity contribution in [2.45, 2.75) is 19.6 Å². The van der Waals surface area contributed by atoms with E-state index >= 15 is 0 Å². The van der Waals surface area contributed by atoms with Crippen molar-refractivity contribution in [1.82, 2.24) is 0 Å². The average molecular weight is 192 g/mol. The third kappa shape index (κ3) is 4.57. The molecule has 0 saturated heterocycles. The fourth-order valence-electron chi connectivity index (χ4n) is 0.876. The van der Waals surface area contributed by atoms with Crippen molar-refractivity contribution in [2.75, 3.05) is 40.6 Å². The van der Waals surface area contributed by atoms with Gasteiger partial charge in [0, 0.05) is 27.4 Å². The monoisotopic (exact) mass is 192 g/mol. The van der Waals surface area contributed by atoms with Crippen LogP contribution in [0, 0.1) is 0 Å². The minimum atomic E-state index is -0.758. The summed E-state index contributed by atoms with van der Waals surface area (Å²) < 4.78 is 20.9. The predicted octanol–water partition coefficient (Wildman–Crippen LogP) is 1.05. The molecule has 0 heterocycles. The van der Waals surface area contributed by atoms with E-state index in [4.69, 9.17) is 18.9 Å². The van der Waals surface area contributed by atoms with Crippen molar-refractivity contribution < 1.29 is 18.9 Å². The molecule has 0 radical (unpaired) electrons. The lowest BCUT2D eigenvalue weighted by molar-refractivity contribution is -0.257. The molecule has 0 N–H and O–H groups in total. The highest BCUT2D eigenvalue weighted by Gasteiger charge is 2.30. The van der Waals surface area contributed by atoms with Gasteiger partial charge in [0.2, 0.25) is 5.79 Å². The molecule has 0 atom stereocenters. The van der Waals surface area contributed by atoms with Crippen molar-refractivity contribution in [2.24, 2.45) is 0 Å². The van der Waals surface area contributed by atoms with E-state index in [9.17, 15) is 0 Å². The molecule has 0 aromatic heterocycles. The molecule has 0 aliphatic carbocycles. The van der Waals surface area contributed by atoms with Crippen molar-refractivity contribution in [3.63, 3.8) is 0 Å². The van der Waals surface area contributed by atoms with Crippen LogP contribution in [0.1, 0.15) is 13.8 Å². The third-order valence-electron chi connectivity index (χ3n) is 1.80. The molecule has 0 aromatic carbocycles. The summed E-state index contributed by atoms with van der Waals surface area (Å²) in [6.45, 7) is 5.90. The molecule has 0 bridgehead atoms. The molecule has 4 nitrogen and oxygen atoms in total. The Balaban J connectivity index is 3.97. The Kier molecular flexibility index (Phi) is 7.17. The van der Waals surface area contributed by atoms with Crippen LogP contribution in [0.2, 0.25) is 0 Å². The topological polar surface area (TPSA) is 36.9 Å². The van der Waals surface area contributed by atoms with Crippen molar-refractivity contribution in [1.29, 1.82) is 0 Å². The number of ether oxygens (including phenoxy) is 4. The molecule has 0 rings (SSSR count). The van der Waals surface area contributed by atoms with Gasteiger partial charge in [0.05, 0.1) is 0 Å². The Hall–Kier alpha value is -0.160. The van der Waals surface area contributed by atoms with E-state index in [1.807, 2.05) is 13.8 Å². The fraction of sp³-hybridized carbons (Fsp3) is 1.00. The van der Waals surface area contributed by atoms with Crippen LogP contribution in [0.4, 0.5) is 0 Å². The lowest BCUT2D eigenvalue weighted by Crippen LogP contribution is -2.43. The second-order valence-electron chi connectivity index (χ2n) is 2.59. The van der Waals surface area contributed by atoms with Gasteiger partial charge >= 0.3 is 0 Å². The molecule has 0 unspecified atom stereocenters. The lowest BCUT2D eigenvalue weighted by atomic mass is 10.3. The summed E-state index contributed by atoms with van der Waals surface area (Å²) in [5, 5.41) is 0. The highest BCUT2D eigenvalue weighted by atomic mass is 16.7. The standard InChI is InChI=1S/C9H20O4/c1-5-12-7-9(10-3,11-4)8-13-6-2/h5-8H2,1-4H3. The van der Waals surface area contributed by atoms with E-state index in [0.29, 0.717) is 26.4 Å². The lowest BCUT2D eigenvalue weighted by Gasteiger charge is -2.29. The van der Waals surface area contributed by atoms with E-state index in [1.54, 1.807) is 14.2 Å². The zero-order valence-corrected chi connectivity index (χ0v) is 8.96. The number of rotatable bonds is 8. The van der Waals surface area contributed by atoms with E-state index < -0.39 is 5.79 Å². The molecule has 0 aliphatic heterocycles. The van der Waals surface area contributed by atoms with E-state index in [-0.39, 0.29) is 0 Å². The van der Waals surface area contributed by atoms with Gasteiger partial charge in [-0.1, -0.05) is 0 Å². The van der Waals surface area contributed by atoms with Crippen LogP contribution in [0.3, 0.4) is 0 Å². The van der Waals surface area contributed by atoms with Crippen molar-refractivity contribution >= 4 is 0 Å². The molecule has 0 spiro atoms. The molecule has 0 aliphatic rings. The molecule has 4 heteroatoms. The molecular formula is C9H20O4. The zero-order valence-electron chi connectivity index (χ0n) is 8.96. The normalized spacial score (nSPS) is 12.0. The summed E-state index contributed by atoms with van der Waals surface area (Å²) in [6, 6.07) is 0. The van der Waals surface area contributed by atoms with E-state index in [2.05, 4.69) is 0 Å². The van der Waals surface area contributed by atoms with Crippen molar-refractivity contribution in [3.05, 3.63) is 0 Å². The highest BCUT2D eigenvalue weighted by molar-refractivity contribution is 4.67. The van der Waals surface area contributed by atoms with Gasteiger partial charge < -0.3 is 18.9 Å². The van der Waals surface area contributed by atoms with Crippen LogP contribution in [0.15, 0.2) is 0 Å². The number of hydrogen-bond donors (Lipinski definition) is 0. The van der Waals surface area contributed by atoms with Gasteiger partial charge in [-0.2, -0.15) is 0 Å². The Morgan fingerprint density at radius 2 is 1.23 bits per heavy atom. The zero-order chi connectivity index (χ0) is 10.2. The maximum Gasteiger partial charge on any atom is 0.215 e. The summed E-state index contributed by atoms with van der Waals surface area (Å²) in [5.74, 6) is -0.758. The van der Waals surface area contributed by atoms with E-state index in [0.717, 1.165) is 0 Å². The van der Waals surface area contributed by atoms with Crippen LogP contribution in [-0.4, -0.2) is 46.4 Å². The average Bonchev–Trinajstić information content (AvgIpc) is 2.20. The molecular weight excluding hydrogens is 172 g/mol. The first-order valence-electron chi connectivity index (χ1n) is 4.50. The minimum absolute atomic E-state index is 0.385. The van der Waals surface area contributed by atoms with Gasteiger partial charge in [-0.15, -0.1) is 0 Å². The van der Waals surface area contributed by atoms with Gasteiger partial charge in [0.1, 0.15) is 13.2 Å². The van der Waals surface area contributed by atoms with Crippen LogP contribution in [0.5, 0.6) is 0 Å². The first-order chi connectivity index (χ1) is 6.24. The molecule has 80 valence electrons. The Bertz CT molecular complexity index is 102. The Morgan fingerprint density at radius 3 is 1.46 bits per heavy atom. The van der Waals surface area contributed by atoms with Crippen LogP contribution >= 0.6 is 0 Å². The second-order valence-corrected chi connectivity index (χ2v) is 2.59. The number of hydrogen-bond acceptors (Lipinski definition) is 4. The molecule has 0 fully saturated rings. The Labute approximate surface area is 80.1 Å². The predicted molar refractivity (Wildman–Crippen MR) is 49.7 cm³/mol. The maximum atomic E-state index is 5.25. The summed E-state index contributed by atoms with van der Waals surface area (Å²) in [4.78, 5) is 0. The fourth-order valence-corrected chi connectivity index (χ4v) is 0.876. The van der Waals surface area contributed by atoms with Crippen LogP contribution in [0.25, 0.3) is 0 Å². The minimum Gasteiger partial charge on any atom is -0.376 e. The highest BCUT2D eigenvalue weighted by Crippen LogP contribution is 2.12. The second kappa shape index (κ2) is 7.26. The quantitative estimate of drug-likeness (QED) is 0.539. The molecule has 13 heavy (non-hydrogen) atoms. The van der Waals surface area contributed by atoms with Crippen LogP contribution in [-0.2, 0) is 18.9 Å². The largest absolute Gasteiger partial charge is 0.376 e. The first-order valence-corrected chi connectivity index (χ1v) is 4.50. The van der Waals surface area contributed by atoms with Gasteiger partial charge in [-0.25, -0.2) is 0 Å². The van der Waals surface area contributed by atoms with Gasteiger partial charge in [-0.3, -0.25) is 0 Å². The molecule has 0 aromatic rings. The summed E-state index contributed by atoms with van der Waals surface area (Å²) in [5.41, 5.74) is 0. The van der Waals surface area contributed by atoms with Gasteiger partial charge in [0.25, 0.3) is 0 Å². The summed E-state index contributed by atoms with van der Waals surface area (Å²) >= 11 is 0. The summed E-state index contributed by atoms with van der Waals surface area (Å²) in [6.07, 6.45) is 0. The van der Waals surface area contributed by atoms with Crippen LogP contribution < -0.4 is 0 Å². The van der Waals surface area contributed by atoms with Gasteiger partial charge in [-0.05, 0) is 13.8 Å². The SMILES string of the molecule is CCOCC(COCC)(OC)OC. The van der Waals surface area contributed by atoms with Gasteiger partial charge in [0.15, 0.2) is 0 Å². The molecule has 0 amide bonds. The molecule has 0 saturated carbocycles. The number of methoxy groups -OCH3 is 2. The Morgan fingerprint density at radius 1 is 0.846 bits per heavy atom. The summed E-state index contributed by atoms with van der Waals surface area (Å²) in [7, 11) is 3.17. The van der Waals surface area contributed by atoms with Crippen molar-refractivity contribution in [3.8, 4) is 0 Å². The third-order valence-corrected chi connectivity index (χ3v) is 1.80. The smallest absolute Gasteiger partial charge is 0.215 e. The maximum absolute atomic E-state index is 5.25.